The molecule has 0 heterocycles. The Bertz CT molecular complexity index is 413. The summed E-state index contributed by atoms with van der Waals surface area (Å²) in [6, 6.07) is 2.36. The van der Waals surface area contributed by atoms with Crippen LogP contribution in [0.25, 0.3) is 0 Å². The summed E-state index contributed by atoms with van der Waals surface area (Å²) in [6.07, 6.45) is 0. The van der Waals surface area contributed by atoms with Crippen molar-refractivity contribution < 1.29 is 18.3 Å². The highest BCUT2D eigenvalue weighted by Crippen LogP contribution is 2.16. The zero-order valence-corrected chi connectivity index (χ0v) is 10.3. The average molecular weight is 258 g/mol. The topological polar surface area (TPSA) is 50.4 Å². The standard InChI is InChI=1S/C12H16F2N2O2/c1-8(12(17)15-5-6-18-2)16-11-7-9(13)3-4-10(11)14/h3-4,7-8,16H,5-6H2,1-2H3,(H,15,17). The second-order valence-electron chi connectivity index (χ2n) is 3.77. The summed E-state index contributed by atoms with van der Waals surface area (Å²) in [4.78, 5) is 11.6. The van der Waals surface area contributed by atoms with Gasteiger partial charge in [0.15, 0.2) is 0 Å². The van der Waals surface area contributed by atoms with Gasteiger partial charge in [-0.1, -0.05) is 0 Å². The number of amides is 1. The molecule has 100 valence electrons. The van der Waals surface area contributed by atoms with Crippen LogP contribution in [0.15, 0.2) is 18.2 Å². The summed E-state index contributed by atoms with van der Waals surface area (Å²) < 4.78 is 31.0. The third-order valence-corrected chi connectivity index (χ3v) is 2.30. The van der Waals surface area contributed by atoms with Gasteiger partial charge in [0.25, 0.3) is 0 Å². The lowest BCUT2D eigenvalue weighted by atomic mass is 10.2. The van der Waals surface area contributed by atoms with E-state index in [9.17, 15) is 13.6 Å². The number of hydrogen-bond donors (Lipinski definition) is 2. The Morgan fingerprint density at radius 1 is 1.44 bits per heavy atom. The van der Waals surface area contributed by atoms with Gasteiger partial charge in [0, 0.05) is 13.7 Å². The van der Waals surface area contributed by atoms with Gasteiger partial charge in [-0.3, -0.25) is 4.79 Å². The highest BCUT2D eigenvalue weighted by Gasteiger charge is 2.14. The molecule has 18 heavy (non-hydrogen) atoms. The van der Waals surface area contributed by atoms with Crippen molar-refractivity contribution in [3.05, 3.63) is 29.8 Å². The molecule has 1 aromatic rings. The number of carbonyl (C=O) groups is 1. The molecule has 0 saturated carbocycles. The van der Waals surface area contributed by atoms with E-state index < -0.39 is 17.7 Å². The van der Waals surface area contributed by atoms with Crippen molar-refractivity contribution in [3.63, 3.8) is 0 Å². The molecule has 0 aliphatic rings. The first-order valence-corrected chi connectivity index (χ1v) is 5.53. The number of nitrogens with one attached hydrogen (secondary N) is 2. The lowest BCUT2D eigenvalue weighted by Crippen LogP contribution is -2.39. The van der Waals surface area contributed by atoms with E-state index in [-0.39, 0.29) is 11.6 Å². The third kappa shape index (κ3) is 4.29. The van der Waals surface area contributed by atoms with Gasteiger partial charge in [0.2, 0.25) is 5.91 Å². The number of rotatable bonds is 6. The summed E-state index contributed by atoms with van der Waals surface area (Å²) in [5.41, 5.74) is -0.0376. The van der Waals surface area contributed by atoms with Gasteiger partial charge in [0.05, 0.1) is 12.3 Å². The summed E-state index contributed by atoms with van der Waals surface area (Å²) in [7, 11) is 1.52. The van der Waals surface area contributed by atoms with Crippen molar-refractivity contribution >= 4 is 11.6 Å². The first-order chi connectivity index (χ1) is 8.54. The van der Waals surface area contributed by atoms with E-state index in [0.29, 0.717) is 13.2 Å². The maximum Gasteiger partial charge on any atom is 0.242 e. The lowest BCUT2D eigenvalue weighted by molar-refractivity contribution is -0.121. The van der Waals surface area contributed by atoms with Crippen LogP contribution in [0.4, 0.5) is 14.5 Å². The number of carbonyl (C=O) groups excluding carboxylic acids is 1. The Kier molecular flexibility index (Phi) is 5.51. The van der Waals surface area contributed by atoms with Crippen molar-refractivity contribution in [3.8, 4) is 0 Å². The molecule has 0 aromatic heterocycles. The van der Waals surface area contributed by atoms with E-state index >= 15 is 0 Å². The lowest BCUT2D eigenvalue weighted by Gasteiger charge is -2.15. The minimum absolute atomic E-state index is 0.0376. The number of hydrogen-bond acceptors (Lipinski definition) is 3. The van der Waals surface area contributed by atoms with Crippen LogP contribution < -0.4 is 10.6 Å². The number of methoxy groups -OCH3 is 1. The van der Waals surface area contributed by atoms with Gasteiger partial charge >= 0.3 is 0 Å². The fraction of sp³-hybridized carbons (Fsp3) is 0.417. The fourth-order valence-corrected chi connectivity index (χ4v) is 1.34. The Labute approximate surface area is 104 Å². The molecule has 1 rings (SSSR count). The SMILES string of the molecule is COCCNC(=O)C(C)Nc1cc(F)ccc1F. The van der Waals surface area contributed by atoms with Gasteiger partial charge in [0.1, 0.15) is 17.7 Å². The van der Waals surface area contributed by atoms with Crippen LogP contribution in [0.3, 0.4) is 0 Å². The second-order valence-corrected chi connectivity index (χ2v) is 3.77. The molecule has 0 aliphatic carbocycles. The molecule has 0 radical (unpaired) electrons. The summed E-state index contributed by atoms with van der Waals surface area (Å²) in [6.45, 7) is 2.33. The molecule has 6 heteroatoms. The molecule has 1 amide bonds. The van der Waals surface area contributed by atoms with Crippen molar-refractivity contribution in [1.82, 2.24) is 5.32 Å². The van der Waals surface area contributed by atoms with E-state index in [1.165, 1.54) is 7.11 Å². The molecule has 0 spiro atoms. The normalized spacial score (nSPS) is 12.0. The molecule has 0 aliphatic heterocycles. The van der Waals surface area contributed by atoms with Crippen molar-refractivity contribution in [1.29, 1.82) is 0 Å². The van der Waals surface area contributed by atoms with Crippen LogP contribution in [-0.4, -0.2) is 32.2 Å². The smallest absolute Gasteiger partial charge is 0.242 e. The van der Waals surface area contributed by atoms with Crippen molar-refractivity contribution in [2.75, 3.05) is 25.6 Å². The number of benzene rings is 1. The minimum atomic E-state index is -0.668. The molecule has 1 aromatic carbocycles. The zero-order chi connectivity index (χ0) is 13.5. The van der Waals surface area contributed by atoms with Crippen LogP contribution in [0.2, 0.25) is 0 Å². The van der Waals surface area contributed by atoms with Gasteiger partial charge in [-0.15, -0.1) is 0 Å². The largest absolute Gasteiger partial charge is 0.383 e. The third-order valence-electron chi connectivity index (χ3n) is 2.30. The van der Waals surface area contributed by atoms with Gasteiger partial charge in [-0.25, -0.2) is 8.78 Å². The van der Waals surface area contributed by atoms with Gasteiger partial charge < -0.3 is 15.4 Å². The van der Waals surface area contributed by atoms with Gasteiger partial charge in [-0.2, -0.15) is 0 Å². The summed E-state index contributed by atoms with van der Waals surface area (Å²) in [5, 5.41) is 5.20. The highest BCUT2D eigenvalue weighted by molar-refractivity contribution is 5.84. The molecule has 0 fully saturated rings. The Hall–Kier alpha value is -1.69. The highest BCUT2D eigenvalue weighted by atomic mass is 19.1. The minimum Gasteiger partial charge on any atom is -0.383 e. The Morgan fingerprint density at radius 3 is 2.83 bits per heavy atom. The Morgan fingerprint density at radius 2 is 2.17 bits per heavy atom. The van der Waals surface area contributed by atoms with Crippen molar-refractivity contribution in [2.45, 2.75) is 13.0 Å². The van der Waals surface area contributed by atoms with Crippen LogP contribution in [0.1, 0.15) is 6.92 Å². The van der Waals surface area contributed by atoms with E-state index in [2.05, 4.69) is 10.6 Å². The fourth-order valence-electron chi connectivity index (χ4n) is 1.34. The van der Waals surface area contributed by atoms with Crippen LogP contribution in [0, 0.1) is 11.6 Å². The predicted molar refractivity (Wildman–Crippen MR) is 64.3 cm³/mol. The predicted octanol–water partition coefficient (Wildman–Crippen LogP) is 1.53. The maximum atomic E-state index is 13.3. The summed E-state index contributed by atoms with van der Waals surface area (Å²) in [5.74, 6) is -1.48. The molecule has 2 N–H and O–H groups in total. The zero-order valence-electron chi connectivity index (χ0n) is 10.3. The van der Waals surface area contributed by atoms with E-state index in [1.54, 1.807) is 6.92 Å². The molecule has 1 atom stereocenters. The molecule has 0 bridgehead atoms. The first-order valence-electron chi connectivity index (χ1n) is 5.53. The van der Waals surface area contributed by atoms with Crippen LogP contribution >= 0.6 is 0 Å². The van der Waals surface area contributed by atoms with Gasteiger partial charge in [-0.05, 0) is 25.1 Å². The monoisotopic (exact) mass is 258 g/mol. The Balaban J connectivity index is 2.55. The number of ether oxygens (including phenoxy) is 1. The quantitative estimate of drug-likeness (QED) is 0.761. The van der Waals surface area contributed by atoms with Crippen molar-refractivity contribution in [2.24, 2.45) is 0 Å². The van der Waals surface area contributed by atoms with Crippen LogP contribution in [0.5, 0.6) is 0 Å². The molecule has 4 nitrogen and oxygen atoms in total. The average Bonchev–Trinajstić information content (AvgIpc) is 2.34. The van der Waals surface area contributed by atoms with E-state index in [0.717, 1.165) is 18.2 Å². The molecule has 1 unspecified atom stereocenters. The summed E-state index contributed by atoms with van der Waals surface area (Å²) >= 11 is 0. The number of halogens is 2. The molecular formula is C12H16F2N2O2. The second kappa shape index (κ2) is 6.90. The number of anilines is 1. The van der Waals surface area contributed by atoms with E-state index in [1.807, 2.05) is 0 Å². The van der Waals surface area contributed by atoms with E-state index in [4.69, 9.17) is 4.74 Å². The first kappa shape index (κ1) is 14.4. The molecular weight excluding hydrogens is 242 g/mol. The molecule has 0 saturated heterocycles. The van der Waals surface area contributed by atoms with Crippen LogP contribution in [-0.2, 0) is 9.53 Å². The maximum absolute atomic E-state index is 13.3.